The van der Waals surface area contributed by atoms with Crippen molar-refractivity contribution in [1.29, 1.82) is 0 Å². The number of halogens is 1. The van der Waals surface area contributed by atoms with Gasteiger partial charge in [0.25, 0.3) is 11.8 Å². The second kappa shape index (κ2) is 13.0. The highest BCUT2D eigenvalue weighted by atomic mass is 127. The molecule has 0 fully saturated rings. The van der Waals surface area contributed by atoms with Crippen molar-refractivity contribution in [3.05, 3.63) is 29.8 Å². The molecule has 8 nitrogen and oxygen atoms in total. The van der Waals surface area contributed by atoms with E-state index < -0.39 is 17.7 Å². The van der Waals surface area contributed by atoms with Gasteiger partial charge in [-0.25, -0.2) is 4.79 Å². The van der Waals surface area contributed by atoms with Gasteiger partial charge in [0.1, 0.15) is 24.0 Å². The fraction of sp³-hybridized carbons (Fsp3) is 0.476. The lowest BCUT2D eigenvalue weighted by Crippen LogP contribution is -2.46. The summed E-state index contributed by atoms with van der Waals surface area (Å²) in [6.45, 7) is 5.73. The highest BCUT2D eigenvalue weighted by Gasteiger charge is 2.23. The number of amides is 3. The Balaban J connectivity index is 2.48. The standard InChI is InChI=1S/C21H28IN3O5/c1-5-14-29-17-12-7-6-10-15(17)18(26)23-13-9-8-11-16(19(27)25-22)24-20(28)30-21(2,3)4/h1,6-7,10,12,16H,8-9,11,13-14H2,2-4H3,(H,23,26)(H,24,28)(H,25,27)/t16-/m0/s1. The first-order valence-corrected chi connectivity index (χ1v) is 10.6. The lowest BCUT2D eigenvalue weighted by Gasteiger charge is -2.22. The van der Waals surface area contributed by atoms with Gasteiger partial charge in [-0.2, -0.15) is 0 Å². The molecule has 1 atom stereocenters. The number of rotatable bonds is 10. The molecule has 0 bridgehead atoms. The number of hydrogen-bond donors (Lipinski definition) is 3. The van der Waals surface area contributed by atoms with Crippen LogP contribution < -0.4 is 18.9 Å². The third-order valence-electron chi connectivity index (χ3n) is 3.75. The van der Waals surface area contributed by atoms with Gasteiger partial charge < -0.3 is 20.1 Å². The van der Waals surface area contributed by atoms with Crippen molar-refractivity contribution in [2.24, 2.45) is 0 Å². The second-order valence-corrected chi connectivity index (χ2v) is 7.94. The van der Waals surface area contributed by atoms with Crippen molar-refractivity contribution in [2.45, 2.75) is 51.7 Å². The number of hydrogen-bond acceptors (Lipinski definition) is 5. The number of alkyl carbamates (subject to hydrolysis) is 1. The molecule has 0 aromatic heterocycles. The highest BCUT2D eigenvalue weighted by molar-refractivity contribution is 14.1. The van der Waals surface area contributed by atoms with Crippen molar-refractivity contribution in [3.63, 3.8) is 0 Å². The van der Waals surface area contributed by atoms with Crippen LogP contribution in [0.4, 0.5) is 4.79 Å². The van der Waals surface area contributed by atoms with Crippen LogP contribution in [-0.2, 0) is 9.53 Å². The number of ether oxygens (including phenoxy) is 2. The number of benzene rings is 1. The molecule has 1 rings (SSSR count). The number of carbonyl (C=O) groups excluding carboxylic acids is 3. The monoisotopic (exact) mass is 529 g/mol. The average Bonchev–Trinajstić information content (AvgIpc) is 2.69. The van der Waals surface area contributed by atoms with Gasteiger partial charge in [-0.3, -0.25) is 13.1 Å². The molecule has 0 aliphatic carbocycles. The zero-order valence-electron chi connectivity index (χ0n) is 17.4. The third kappa shape index (κ3) is 9.82. The summed E-state index contributed by atoms with van der Waals surface area (Å²) >= 11 is 1.73. The summed E-state index contributed by atoms with van der Waals surface area (Å²) in [4.78, 5) is 36.3. The van der Waals surface area contributed by atoms with Crippen molar-refractivity contribution in [3.8, 4) is 18.1 Å². The van der Waals surface area contributed by atoms with E-state index >= 15 is 0 Å². The van der Waals surface area contributed by atoms with E-state index in [4.69, 9.17) is 15.9 Å². The molecule has 0 aliphatic heterocycles. The van der Waals surface area contributed by atoms with Crippen LogP contribution in [0.5, 0.6) is 5.75 Å². The quantitative estimate of drug-likeness (QED) is 0.187. The molecular formula is C21H28IN3O5. The molecule has 30 heavy (non-hydrogen) atoms. The van der Waals surface area contributed by atoms with E-state index in [1.165, 1.54) is 0 Å². The van der Waals surface area contributed by atoms with Gasteiger partial charge in [-0.15, -0.1) is 6.42 Å². The van der Waals surface area contributed by atoms with Crippen LogP contribution >= 0.6 is 22.9 Å². The minimum Gasteiger partial charge on any atom is -0.480 e. The maximum Gasteiger partial charge on any atom is 0.408 e. The number of carbonyl (C=O) groups is 3. The zero-order valence-corrected chi connectivity index (χ0v) is 19.6. The SMILES string of the molecule is C#CCOc1ccccc1C(=O)NCCCC[C@H](NC(=O)OC(C)(C)C)C(=O)NI. The first-order chi connectivity index (χ1) is 14.2. The summed E-state index contributed by atoms with van der Waals surface area (Å²) in [5, 5.41) is 5.40. The summed E-state index contributed by atoms with van der Waals surface area (Å²) in [7, 11) is 0. The molecule has 0 aliphatic rings. The van der Waals surface area contributed by atoms with Crippen molar-refractivity contribution < 1.29 is 23.9 Å². The Labute approximate surface area is 191 Å². The van der Waals surface area contributed by atoms with Gasteiger partial charge in [0.15, 0.2) is 0 Å². The fourth-order valence-corrected chi connectivity index (χ4v) is 2.83. The van der Waals surface area contributed by atoms with E-state index in [0.29, 0.717) is 37.1 Å². The number of terminal acetylenes is 1. The Morgan fingerprint density at radius 2 is 1.90 bits per heavy atom. The first-order valence-electron chi connectivity index (χ1n) is 9.51. The maximum atomic E-state index is 12.4. The van der Waals surface area contributed by atoms with Gasteiger partial charge in [0, 0.05) is 6.54 Å². The molecule has 164 valence electrons. The summed E-state index contributed by atoms with van der Waals surface area (Å²) in [5.41, 5.74) is -0.249. The smallest absolute Gasteiger partial charge is 0.408 e. The van der Waals surface area contributed by atoms with Crippen LogP contribution in [-0.4, -0.2) is 42.7 Å². The minimum absolute atomic E-state index is 0.0786. The van der Waals surface area contributed by atoms with Crippen LogP contribution in [0.15, 0.2) is 24.3 Å². The Hall–Kier alpha value is -2.48. The summed E-state index contributed by atoms with van der Waals surface area (Å²) < 4.78 is 13.1. The summed E-state index contributed by atoms with van der Waals surface area (Å²) in [5.74, 6) is 2.21. The van der Waals surface area contributed by atoms with Gasteiger partial charge >= 0.3 is 6.09 Å². The predicted octanol–water partition coefficient (Wildman–Crippen LogP) is 2.96. The van der Waals surface area contributed by atoms with E-state index in [-0.39, 0.29) is 18.4 Å². The number of unbranched alkanes of at least 4 members (excludes halogenated alkanes) is 1. The van der Waals surface area contributed by atoms with Crippen molar-refractivity contribution >= 4 is 40.8 Å². The molecule has 0 heterocycles. The lowest BCUT2D eigenvalue weighted by atomic mass is 10.1. The molecule has 0 radical (unpaired) electrons. The maximum absolute atomic E-state index is 12.4. The molecule has 1 aromatic rings. The minimum atomic E-state index is -0.717. The van der Waals surface area contributed by atoms with E-state index in [2.05, 4.69) is 20.1 Å². The molecule has 0 saturated carbocycles. The number of nitrogens with one attached hydrogen (secondary N) is 3. The van der Waals surface area contributed by atoms with Crippen LogP contribution in [0.3, 0.4) is 0 Å². The largest absolute Gasteiger partial charge is 0.480 e. The molecule has 9 heteroatoms. The van der Waals surface area contributed by atoms with Crippen LogP contribution in [0, 0.1) is 12.3 Å². The molecule has 0 unspecified atom stereocenters. The van der Waals surface area contributed by atoms with Gasteiger partial charge in [-0.05, 0) is 52.2 Å². The molecule has 1 aromatic carbocycles. The van der Waals surface area contributed by atoms with E-state index in [0.717, 1.165) is 0 Å². The molecule has 0 spiro atoms. The molecular weight excluding hydrogens is 501 g/mol. The second-order valence-electron chi connectivity index (χ2n) is 7.40. The highest BCUT2D eigenvalue weighted by Crippen LogP contribution is 2.17. The first kappa shape index (κ1) is 25.6. The Bertz CT molecular complexity index is 771. The van der Waals surface area contributed by atoms with Gasteiger partial charge in [0.2, 0.25) is 0 Å². The number of para-hydroxylation sites is 1. The van der Waals surface area contributed by atoms with Crippen molar-refractivity contribution in [2.75, 3.05) is 13.2 Å². The summed E-state index contributed by atoms with van der Waals surface area (Å²) in [6.07, 6.45) is 6.19. The molecule has 0 saturated heterocycles. The predicted molar refractivity (Wildman–Crippen MR) is 122 cm³/mol. The van der Waals surface area contributed by atoms with Crippen LogP contribution in [0.2, 0.25) is 0 Å². The molecule has 3 amide bonds. The van der Waals surface area contributed by atoms with E-state index in [1.54, 1.807) is 67.9 Å². The van der Waals surface area contributed by atoms with E-state index in [9.17, 15) is 14.4 Å². The van der Waals surface area contributed by atoms with Crippen molar-refractivity contribution in [1.82, 2.24) is 14.2 Å². The Morgan fingerprint density at radius 3 is 2.53 bits per heavy atom. The van der Waals surface area contributed by atoms with Crippen LogP contribution in [0.1, 0.15) is 50.4 Å². The van der Waals surface area contributed by atoms with Crippen LogP contribution in [0.25, 0.3) is 0 Å². The normalized spacial score (nSPS) is 11.6. The Morgan fingerprint density at radius 1 is 1.20 bits per heavy atom. The lowest BCUT2D eigenvalue weighted by molar-refractivity contribution is -0.121. The average molecular weight is 529 g/mol. The van der Waals surface area contributed by atoms with E-state index in [1.807, 2.05) is 0 Å². The Kier molecular flexibility index (Phi) is 11.0. The van der Waals surface area contributed by atoms with Gasteiger partial charge in [-0.1, -0.05) is 18.1 Å². The topological polar surface area (TPSA) is 106 Å². The third-order valence-corrected chi connectivity index (χ3v) is 4.28. The van der Waals surface area contributed by atoms with Gasteiger partial charge in [0.05, 0.1) is 28.4 Å². The zero-order chi connectivity index (χ0) is 22.6. The molecule has 3 N–H and O–H groups in total. The fourth-order valence-electron chi connectivity index (χ4n) is 2.45. The summed E-state index contributed by atoms with van der Waals surface area (Å²) in [6, 6.07) is 6.13.